The molecule has 0 aliphatic carbocycles. The van der Waals surface area contributed by atoms with Crippen LogP contribution in [0.3, 0.4) is 0 Å². The molecule has 5 nitrogen and oxygen atoms in total. The van der Waals surface area contributed by atoms with Gasteiger partial charge in [0.05, 0.1) is 12.1 Å². The van der Waals surface area contributed by atoms with Crippen molar-refractivity contribution in [1.29, 1.82) is 0 Å². The zero-order valence-corrected chi connectivity index (χ0v) is 9.86. The minimum atomic E-state index is -1.25. The van der Waals surface area contributed by atoms with Gasteiger partial charge in [-0.2, -0.15) is 0 Å². The lowest BCUT2D eigenvalue weighted by molar-refractivity contribution is 0.0686. The zero-order valence-electron chi connectivity index (χ0n) is 9.11. The minimum absolute atomic E-state index is 0.0511. The molecule has 1 N–H and O–H groups in total. The maximum atomic E-state index is 13.3. The number of aromatic carboxylic acids is 1. The normalized spacial score (nSPS) is 10.4. The number of ether oxygens (including phenoxy) is 1. The number of carboxylic acid groups (broad SMARTS) is 1. The van der Waals surface area contributed by atoms with Gasteiger partial charge >= 0.3 is 5.97 Å². The third kappa shape index (κ3) is 2.14. The number of rotatable bonds is 3. The SMILES string of the molecule is COc1cc(F)cc(-c2cc(C(=O)O)no2)c1Cl. The number of benzene rings is 1. The standard InChI is InChI=1S/C11H7ClFNO4/c1-17-9-3-5(13)2-6(10(9)12)8-4-7(11(15)16)14-18-8/h2-4H,1H3,(H,15,16). The van der Waals surface area contributed by atoms with Gasteiger partial charge in [0.2, 0.25) is 0 Å². The van der Waals surface area contributed by atoms with E-state index in [4.69, 9.17) is 26.0 Å². The Labute approximate surface area is 106 Å². The van der Waals surface area contributed by atoms with Crippen LogP contribution in [-0.2, 0) is 0 Å². The summed E-state index contributed by atoms with van der Waals surface area (Å²) in [7, 11) is 1.34. The Morgan fingerprint density at radius 3 is 2.78 bits per heavy atom. The summed E-state index contributed by atoms with van der Waals surface area (Å²) >= 11 is 5.98. The van der Waals surface area contributed by atoms with Gasteiger partial charge in [0.25, 0.3) is 0 Å². The summed E-state index contributed by atoms with van der Waals surface area (Å²) in [4.78, 5) is 10.7. The molecule has 0 fully saturated rings. The Morgan fingerprint density at radius 1 is 1.50 bits per heavy atom. The van der Waals surface area contributed by atoms with Crippen LogP contribution in [0.2, 0.25) is 5.02 Å². The maximum absolute atomic E-state index is 13.3. The van der Waals surface area contributed by atoms with E-state index in [9.17, 15) is 9.18 Å². The summed E-state index contributed by atoms with van der Waals surface area (Å²) < 4.78 is 23.0. The first kappa shape index (κ1) is 12.4. The molecular weight excluding hydrogens is 265 g/mol. The highest BCUT2D eigenvalue weighted by Gasteiger charge is 2.18. The summed E-state index contributed by atoms with van der Waals surface area (Å²) in [5.74, 6) is -1.65. The van der Waals surface area contributed by atoms with Gasteiger partial charge in [-0.05, 0) is 6.07 Å². The van der Waals surface area contributed by atoms with Crippen molar-refractivity contribution in [3.8, 4) is 17.1 Å². The van der Waals surface area contributed by atoms with E-state index >= 15 is 0 Å². The lowest BCUT2D eigenvalue weighted by Crippen LogP contribution is -1.94. The topological polar surface area (TPSA) is 72.6 Å². The lowest BCUT2D eigenvalue weighted by atomic mass is 10.1. The highest BCUT2D eigenvalue weighted by molar-refractivity contribution is 6.34. The predicted octanol–water partition coefficient (Wildman–Crippen LogP) is 2.84. The van der Waals surface area contributed by atoms with Gasteiger partial charge in [0.15, 0.2) is 11.5 Å². The first-order valence-electron chi connectivity index (χ1n) is 4.76. The van der Waals surface area contributed by atoms with Gasteiger partial charge in [-0.1, -0.05) is 16.8 Å². The van der Waals surface area contributed by atoms with Crippen LogP contribution in [0.4, 0.5) is 4.39 Å². The third-order valence-electron chi connectivity index (χ3n) is 2.22. The van der Waals surface area contributed by atoms with E-state index in [0.29, 0.717) is 0 Å². The monoisotopic (exact) mass is 271 g/mol. The lowest BCUT2D eigenvalue weighted by Gasteiger charge is -2.06. The zero-order chi connectivity index (χ0) is 13.3. The maximum Gasteiger partial charge on any atom is 0.358 e. The Morgan fingerprint density at radius 2 is 2.22 bits per heavy atom. The van der Waals surface area contributed by atoms with Crippen molar-refractivity contribution < 1.29 is 23.6 Å². The van der Waals surface area contributed by atoms with Crippen molar-refractivity contribution in [3.05, 3.63) is 34.7 Å². The van der Waals surface area contributed by atoms with Gasteiger partial charge in [0, 0.05) is 17.7 Å². The first-order valence-corrected chi connectivity index (χ1v) is 5.14. The molecule has 0 spiro atoms. The number of halogens is 2. The second-order valence-corrected chi connectivity index (χ2v) is 3.73. The summed E-state index contributed by atoms with van der Waals surface area (Å²) in [5.41, 5.74) is -0.113. The van der Waals surface area contributed by atoms with Gasteiger partial charge in [0.1, 0.15) is 11.6 Å². The van der Waals surface area contributed by atoms with Crippen molar-refractivity contribution in [1.82, 2.24) is 5.16 Å². The van der Waals surface area contributed by atoms with Crippen LogP contribution >= 0.6 is 11.6 Å². The number of carboxylic acids is 1. The van der Waals surface area contributed by atoms with Gasteiger partial charge in [-0.15, -0.1) is 0 Å². The van der Waals surface area contributed by atoms with Gasteiger partial charge in [-0.25, -0.2) is 9.18 Å². The van der Waals surface area contributed by atoms with E-state index in [1.165, 1.54) is 7.11 Å². The average Bonchev–Trinajstić information content (AvgIpc) is 2.81. The fraction of sp³-hybridized carbons (Fsp3) is 0.0909. The number of methoxy groups -OCH3 is 1. The Balaban J connectivity index is 2.55. The first-order chi connectivity index (χ1) is 8.52. The van der Waals surface area contributed by atoms with E-state index in [2.05, 4.69) is 5.16 Å². The highest BCUT2D eigenvalue weighted by atomic mass is 35.5. The molecule has 1 heterocycles. The molecular formula is C11H7ClFNO4. The van der Waals surface area contributed by atoms with E-state index in [0.717, 1.165) is 18.2 Å². The van der Waals surface area contributed by atoms with Crippen molar-refractivity contribution in [2.45, 2.75) is 0 Å². The van der Waals surface area contributed by atoms with Gasteiger partial charge in [-0.3, -0.25) is 0 Å². The van der Waals surface area contributed by atoms with Crippen molar-refractivity contribution in [3.63, 3.8) is 0 Å². The molecule has 0 aliphatic heterocycles. The number of hydrogen-bond acceptors (Lipinski definition) is 4. The van der Waals surface area contributed by atoms with Crippen LogP contribution in [0.5, 0.6) is 5.75 Å². The minimum Gasteiger partial charge on any atom is -0.495 e. The molecule has 0 saturated heterocycles. The van der Waals surface area contributed by atoms with E-state index < -0.39 is 11.8 Å². The molecule has 0 atom stereocenters. The van der Waals surface area contributed by atoms with Crippen molar-refractivity contribution >= 4 is 17.6 Å². The Kier molecular flexibility index (Phi) is 3.20. The molecule has 0 aliphatic rings. The molecule has 7 heteroatoms. The Hall–Kier alpha value is -2.08. The molecule has 0 unspecified atom stereocenters. The second kappa shape index (κ2) is 4.66. The quantitative estimate of drug-likeness (QED) is 0.929. The molecule has 1 aromatic heterocycles. The summed E-state index contributed by atoms with van der Waals surface area (Å²) in [6.45, 7) is 0. The molecule has 2 rings (SSSR count). The fourth-order valence-corrected chi connectivity index (χ4v) is 1.67. The van der Waals surface area contributed by atoms with Gasteiger partial charge < -0.3 is 14.4 Å². The second-order valence-electron chi connectivity index (χ2n) is 3.35. The highest BCUT2D eigenvalue weighted by Crippen LogP contribution is 2.36. The Bertz CT molecular complexity index is 611. The molecule has 94 valence electrons. The smallest absolute Gasteiger partial charge is 0.358 e. The van der Waals surface area contributed by atoms with Crippen molar-refractivity contribution in [2.24, 2.45) is 0 Å². The van der Waals surface area contributed by atoms with Crippen LogP contribution in [-0.4, -0.2) is 23.3 Å². The summed E-state index contributed by atoms with van der Waals surface area (Å²) in [5, 5.41) is 12.2. The average molecular weight is 272 g/mol. The van der Waals surface area contributed by atoms with Crippen LogP contribution in [0.15, 0.2) is 22.7 Å². The molecule has 0 amide bonds. The van der Waals surface area contributed by atoms with Crippen LogP contribution in [0.1, 0.15) is 10.5 Å². The van der Waals surface area contributed by atoms with Crippen LogP contribution in [0, 0.1) is 5.82 Å². The number of aromatic nitrogens is 1. The predicted molar refractivity (Wildman–Crippen MR) is 60.4 cm³/mol. The molecule has 2 aromatic rings. The number of hydrogen-bond donors (Lipinski definition) is 1. The molecule has 1 aromatic carbocycles. The molecule has 0 radical (unpaired) electrons. The van der Waals surface area contributed by atoms with E-state index in [-0.39, 0.29) is 27.8 Å². The molecule has 0 saturated carbocycles. The van der Waals surface area contributed by atoms with E-state index in [1.807, 2.05) is 0 Å². The van der Waals surface area contributed by atoms with Crippen LogP contribution in [0.25, 0.3) is 11.3 Å². The largest absolute Gasteiger partial charge is 0.495 e. The van der Waals surface area contributed by atoms with Crippen LogP contribution < -0.4 is 4.74 Å². The third-order valence-corrected chi connectivity index (χ3v) is 2.61. The number of nitrogens with zero attached hydrogens (tertiary/aromatic N) is 1. The van der Waals surface area contributed by atoms with Crippen molar-refractivity contribution in [2.75, 3.05) is 7.11 Å². The molecule has 0 bridgehead atoms. The fourth-order valence-electron chi connectivity index (χ4n) is 1.40. The number of carbonyl (C=O) groups is 1. The summed E-state index contributed by atoms with van der Waals surface area (Å²) in [6, 6.07) is 3.37. The molecule has 18 heavy (non-hydrogen) atoms. The summed E-state index contributed by atoms with van der Waals surface area (Å²) in [6.07, 6.45) is 0. The van der Waals surface area contributed by atoms with E-state index in [1.54, 1.807) is 0 Å².